The lowest BCUT2D eigenvalue weighted by Crippen LogP contribution is -2.58. The molecule has 0 radical (unpaired) electrons. The van der Waals surface area contributed by atoms with Crippen LogP contribution in [0.25, 0.3) is 0 Å². The Hall–Kier alpha value is -2.80. The summed E-state index contributed by atoms with van der Waals surface area (Å²) in [5, 5.41) is 26.7. The number of hydrogen-bond acceptors (Lipinski definition) is 14. The Morgan fingerprint density at radius 1 is 0.938 bits per heavy atom. The van der Waals surface area contributed by atoms with Gasteiger partial charge in [-0.05, 0) is 62.8 Å². The van der Waals surface area contributed by atoms with Crippen LogP contribution in [0.3, 0.4) is 0 Å². The third-order valence-corrected chi connectivity index (χ3v) is 14.9. The molecule has 6 heterocycles. The van der Waals surface area contributed by atoms with E-state index in [4.69, 9.17) is 47.4 Å². The number of aliphatic hydroxyl groups excluding tert-OH is 1. The molecule has 0 saturated carbocycles. The number of carbonyl (C=O) groups excluding carboxylic acids is 2. The molecule has 15 heteroatoms. The van der Waals surface area contributed by atoms with Crippen LogP contribution in [0.5, 0.6) is 0 Å². The Labute approximate surface area is 385 Å². The van der Waals surface area contributed by atoms with Crippen molar-refractivity contribution >= 4 is 11.9 Å². The summed E-state index contributed by atoms with van der Waals surface area (Å²) in [7, 11) is 3.27. The van der Waals surface area contributed by atoms with Gasteiger partial charge in [0.15, 0.2) is 18.4 Å². The third kappa shape index (κ3) is 10.6. The summed E-state index contributed by atoms with van der Waals surface area (Å²) in [6.07, 6.45) is 9.46. The highest BCUT2D eigenvalue weighted by Crippen LogP contribution is 2.47. The predicted octanol–water partition coefficient (Wildman–Crippen LogP) is 5.52. The molecule has 0 aromatic rings. The molecule has 0 unspecified atom stereocenters. The molecule has 65 heavy (non-hydrogen) atoms. The Morgan fingerprint density at radius 2 is 1.65 bits per heavy atom. The van der Waals surface area contributed by atoms with Crippen molar-refractivity contribution in [1.29, 1.82) is 0 Å². The van der Waals surface area contributed by atoms with E-state index in [0.717, 1.165) is 12.0 Å². The normalized spacial score (nSPS) is 47.3. The fourth-order valence-corrected chi connectivity index (χ4v) is 11.0. The van der Waals surface area contributed by atoms with Crippen LogP contribution in [0.4, 0.5) is 0 Å². The zero-order chi connectivity index (χ0) is 47.0. The number of rotatable bonds is 9. The molecule has 2 bridgehead atoms. The van der Waals surface area contributed by atoms with E-state index in [1.807, 2.05) is 39.0 Å². The summed E-state index contributed by atoms with van der Waals surface area (Å²) in [6.45, 7) is 17.7. The average Bonchev–Trinajstić information content (AvgIpc) is 3.61. The van der Waals surface area contributed by atoms with Gasteiger partial charge in [-0.2, -0.15) is 0 Å². The minimum atomic E-state index is -1.84. The van der Waals surface area contributed by atoms with Crippen molar-refractivity contribution in [1.82, 2.24) is 5.32 Å². The molecule has 1 spiro atoms. The second-order valence-corrected chi connectivity index (χ2v) is 19.7. The number of carbonyl (C=O) groups is 2. The van der Waals surface area contributed by atoms with Crippen molar-refractivity contribution < 1.29 is 67.2 Å². The van der Waals surface area contributed by atoms with E-state index in [1.165, 1.54) is 6.92 Å². The highest BCUT2D eigenvalue weighted by molar-refractivity contribution is 5.78. The zero-order valence-corrected chi connectivity index (χ0v) is 40.2. The first kappa shape index (κ1) is 50.1. The van der Waals surface area contributed by atoms with Gasteiger partial charge in [0.1, 0.15) is 35.9 Å². The van der Waals surface area contributed by atoms with Gasteiger partial charge in [-0.3, -0.25) is 9.59 Å². The topological polar surface area (TPSA) is 179 Å². The van der Waals surface area contributed by atoms with Crippen LogP contribution < -0.4 is 5.32 Å². The van der Waals surface area contributed by atoms with Crippen LogP contribution in [0.1, 0.15) is 101 Å². The van der Waals surface area contributed by atoms with Crippen molar-refractivity contribution in [2.45, 2.75) is 198 Å². The quantitative estimate of drug-likeness (QED) is 0.195. The summed E-state index contributed by atoms with van der Waals surface area (Å²) in [5.74, 6) is -2.75. The van der Waals surface area contributed by atoms with E-state index >= 15 is 0 Å². The van der Waals surface area contributed by atoms with E-state index in [1.54, 1.807) is 33.3 Å². The number of allylic oxidation sites excluding steroid dienone is 2. The van der Waals surface area contributed by atoms with Crippen molar-refractivity contribution in [3.05, 3.63) is 59.3 Å². The minimum absolute atomic E-state index is 0.0270. The molecule has 7 aliphatic rings. The van der Waals surface area contributed by atoms with E-state index in [-0.39, 0.29) is 61.0 Å². The summed E-state index contributed by atoms with van der Waals surface area (Å²) in [6, 6.07) is -0.315. The average molecular weight is 914 g/mol. The second-order valence-electron chi connectivity index (χ2n) is 19.7. The van der Waals surface area contributed by atoms with Crippen LogP contribution in [-0.4, -0.2) is 140 Å². The molecule has 1 amide bonds. The number of amides is 1. The first-order chi connectivity index (χ1) is 30.9. The second kappa shape index (κ2) is 20.8. The lowest BCUT2D eigenvalue weighted by atomic mass is 9.71. The van der Waals surface area contributed by atoms with E-state index in [0.29, 0.717) is 36.8 Å². The Balaban J connectivity index is 1.16. The van der Waals surface area contributed by atoms with Gasteiger partial charge in [0.2, 0.25) is 5.91 Å². The van der Waals surface area contributed by atoms with Crippen LogP contribution in [0, 0.1) is 23.7 Å². The molecule has 364 valence electrons. The molecule has 6 aliphatic heterocycles. The molecule has 15 nitrogen and oxygen atoms in total. The summed E-state index contributed by atoms with van der Waals surface area (Å²) in [5.41, 5.74) is 0.116. The standard InChI is InChI=1S/C50H75NO14/c1-12-26(2)45-29(5)18-19-49(65-45)24-36-21-35(64-49)17-16-28(4)44(27(3)14-13-15-34-25-58-47-43(53)30(6)20-37(48(54)61-36)50(34,47)55)62-41-23-39(57-11)46(32(8)60-41)63-40-22-38(56-10)42(31(7)59-40)51-33(9)52/h13-16,18-20,26-27,29,31-32,35-47,53,55H,12,17,21-25H2,1-11H3,(H,51,52)/b14-13+,28-16+,34-15+/t26-,27+,29-,31-,32-,35+,36+,37-,38-,39-,40+,41+,42+,43+,44+,45-,46+,47+,49+,50-/m0/s1. The maximum Gasteiger partial charge on any atom is 0.316 e. The number of ether oxygens (including phenoxy) is 10. The van der Waals surface area contributed by atoms with E-state index in [9.17, 15) is 19.8 Å². The van der Waals surface area contributed by atoms with Crippen molar-refractivity contribution in [2.24, 2.45) is 23.7 Å². The maximum atomic E-state index is 14.4. The maximum absolute atomic E-state index is 14.4. The number of esters is 1. The largest absolute Gasteiger partial charge is 0.462 e. The lowest BCUT2D eigenvalue weighted by molar-refractivity contribution is -0.311. The van der Waals surface area contributed by atoms with Crippen LogP contribution in [-0.2, 0) is 57.0 Å². The monoisotopic (exact) mass is 914 g/mol. The molecule has 20 atom stereocenters. The smallest absolute Gasteiger partial charge is 0.316 e. The Morgan fingerprint density at radius 3 is 2.35 bits per heavy atom. The van der Waals surface area contributed by atoms with Crippen LogP contribution >= 0.6 is 0 Å². The molecule has 1 aliphatic carbocycles. The molecule has 4 saturated heterocycles. The number of aliphatic hydroxyl groups is 2. The third-order valence-electron chi connectivity index (χ3n) is 14.9. The van der Waals surface area contributed by atoms with Gasteiger partial charge in [0, 0.05) is 58.7 Å². The molecule has 7 rings (SSSR count). The van der Waals surface area contributed by atoms with Gasteiger partial charge in [0.25, 0.3) is 0 Å². The van der Waals surface area contributed by atoms with Crippen LogP contribution in [0.15, 0.2) is 59.3 Å². The van der Waals surface area contributed by atoms with Crippen molar-refractivity contribution in [2.75, 3.05) is 20.8 Å². The number of fused-ring (bicyclic) bond motifs is 2. The first-order valence-corrected chi connectivity index (χ1v) is 23.8. The predicted molar refractivity (Wildman–Crippen MR) is 239 cm³/mol. The lowest BCUT2D eigenvalue weighted by Gasteiger charge is -2.48. The van der Waals surface area contributed by atoms with Gasteiger partial charge in [-0.15, -0.1) is 0 Å². The van der Waals surface area contributed by atoms with Gasteiger partial charge in [-0.1, -0.05) is 70.6 Å². The first-order valence-electron chi connectivity index (χ1n) is 23.8. The van der Waals surface area contributed by atoms with Gasteiger partial charge in [0.05, 0.1) is 55.4 Å². The molecular weight excluding hydrogens is 839 g/mol. The molecule has 0 aromatic carbocycles. The van der Waals surface area contributed by atoms with Gasteiger partial charge in [-0.25, -0.2) is 0 Å². The highest BCUT2D eigenvalue weighted by atomic mass is 16.7. The molecule has 4 fully saturated rings. The van der Waals surface area contributed by atoms with Crippen molar-refractivity contribution in [3.8, 4) is 0 Å². The van der Waals surface area contributed by atoms with Crippen molar-refractivity contribution in [3.63, 3.8) is 0 Å². The van der Waals surface area contributed by atoms with E-state index < -0.39 is 84.7 Å². The SMILES string of the molecule is CC[C@H](C)[C@@H]1O[C@]2(C=C[C@@H]1C)C[C@H]1C[C@@H](C/C=C(\C)[C@H](O[C@@H]3C[C@H](OC)[C@H](O[C@@H]4C[C@H](OC)[C@H](NC(C)=O)[C@H](C)O4)[C@H](C)O3)[C@H](C)/C=C/C=C3\CO[C@@H]4[C@H](O)C(C)=C[C@@H](C(=O)O1)[C@@]34O)O2. The fourth-order valence-electron chi connectivity index (χ4n) is 11.0. The molecular formula is C50H75NO14. The van der Waals surface area contributed by atoms with Crippen LogP contribution in [0.2, 0.25) is 0 Å². The summed E-state index contributed by atoms with van der Waals surface area (Å²) in [4.78, 5) is 26.3. The van der Waals surface area contributed by atoms with Gasteiger partial charge >= 0.3 is 5.97 Å². The summed E-state index contributed by atoms with van der Waals surface area (Å²) >= 11 is 0. The number of hydrogen-bond donors (Lipinski definition) is 3. The fraction of sp³-hybridized carbons (Fsp3) is 0.760. The molecule has 3 N–H and O–H groups in total. The highest BCUT2D eigenvalue weighted by Gasteiger charge is 2.60. The Bertz CT molecular complexity index is 1850. The zero-order valence-electron chi connectivity index (χ0n) is 40.2. The van der Waals surface area contributed by atoms with Gasteiger partial charge < -0.3 is 62.9 Å². The minimum Gasteiger partial charge on any atom is -0.462 e. The molecule has 0 aromatic heterocycles. The van der Waals surface area contributed by atoms with E-state index in [2.05, 4.69) is 45.2 Å². The summed E-state index contributed by atoms with van der Waals surface area (Å²) < 4.78 is 64.4. The Kier molecular flexibility index (Phi) is 16.0. The number of methoxy groups -OCH3 is 2. The number of nitrogens with one attached hydrogen (secondary N) is 1.